The first-order valence-electron chi connectivity index (χ1n) is 10.1. The van der Waals surface area contributed by atoms with Gasteiger partial charge in [0.25, 0.3) is 0 Å². The molecular formula is C25H27NO2. The van der Waals surface area contributed by atoms with Crippen LogP contribution in [0.15, 0.2) is 54.6 Å². The Labute approximate surface area is 167 Å². The normalized spacial score (nSPS) is 26.4. The molecule has 0 amide bonds. The lowest BCUT2D eigenvalue weighted by atomic mass is 9.76. The van der Waals surface area contributed by atoms with Gasteiger partial charge in [0.15, 0.2) is 0 Å². The van der Waals surface area contributed by atoms with Crippen molar-refractivity contribution in [3.8, 4) is 11.8 Å². The minimum Gasteiger partial charge on any atom is -0.469 e. The minimum absolute atomic E-state index is 0.0751. The van der Waals surface area contributed by atoms with E-state index in [1.165, 1.54) is 24.7 Å². The van der Waals surface area contributed by atoms with Crippen LogP contribution in [0.3, 0.4) is 0 Å². The SMILES string of the molecule is COC(=O)C1[C@@H](c2ccc(C#CCc3ccccc3)cc2)CC2CC[C@H]1N2C. The zero-order chi connectivity index (χ0) is 19.5. The van der Waals surface area contributed by atoms with Crippen molar-refractivity contribution in [3.05, 3.63) is 71.3 Å². The summed E-state index contributed by atoms with van der Waals surface area (Å²) in [4.78, 5) is 14.9. The van der Waals surface area contributed by atoms with Crippen LogP contribution in [-0.2, 0) is 16.0 Å². The topological polar surface area (TPSA) is 29.5 Å². The van der Waals surface area contributed by atoms with E-state index in [-0.39, 0.29) is 17.8 Å². The average Bonchev–Trinajstić information content (AvgIpc) is 2.97. The van der Waals surface area contributed by atoms with Crippen molar-refractivity contribution in [2.45, 2.75) is 43.7 Å². The molecule has 28 heavy (non-hydrogen) atoms. The Kier molecular flexibility index (Phi) is 5.50. The highest BCUT2D eigenvalue weighted by Gasteiger charge is 2.49. The van der Waals surface area contributed by atoms with Gasteiger partial charge < -0.3 is 4.74 Å². The Morgan fingerprint density at radius 2 is 1.86 bits per heavy atom. The lowest BCUT2D eigenvalue weighted by Crippen LogP contribution is -2.49. The van der Waals surface area contributed by atoms with Crippen molar-refractivity contribution < 1.29 is 9.53 Å². The number of hydrogen-bond acceptors (Lipinski definition) is 3. The molecule has 2 aliphatic rings. The Morgan fingerprint density at radius 1 is 1.11 bits per heavy atom. The highest BCUT2D eigenvalue weighted by atomic mass is 16.5. The molecule has 2 unspecified atom stereocenters. The number of nitrogens with zero attached hydrogens (tertiary/aromatic N) is 1. The van der Waals surface area contributed by atoms with E-state index in [4.69, 9.17) is 4.74 Å². The maximum absolute atomic E-state index is 12.6. The van der Waals surface area contributed by atoms with Gasteiger partial charge in [0.2, 0.25) is 0 Å². The first kappa shape index (κ1) is 18.8. The fourth-order valence-electron chi connectivity index (χ4n) is 4.92. The van der Waals surface area contributed by atoms with Crippen molar-refractivity contribution in [1.29, 1.82) is 0 Å². The third-order valence-electron chi connectivity index (χ3n) is 6.45. The molecule has 3 nitrogen and oxygen atoms in total. The molecule has 2 aromatic carbocycles. The monoisotopic (exact) mass is 373 g/mol. The number of hydrogen-bond donors (Lipinski definition) is 0. The van der Waals surface area contributed by atoms with Crippen LogP contribution < -0.4 is 0 Å². The van der Waals surface area contributed by atoms with Crippen molar-refractivity contribution in [1.82, 2.24) is 4.90 Å². The summed E-state index contributed by atoms with van der Waals surface area (Å²) in [5.74, 6) is 6.58. The van der Waals surface area contributed by atoms with Crippen LogP contribution >= 0.6 is 0 Å². The first-order valence-corrected chi connectivity index (χ1v) is 10.1. The number of rotatable bonds is 3. The number of carbonyl (C=O) groups excluding carboxylic acids is 1. The largest absolute Gasteiger partial charge is 0.469 e. The third kappa shape index (κ3) is 3.70. The molecule has 0 N–H and O–H groups in total. The fraction of sp³-hybridized carbons (Fsp3) is 0.400. The summed E-state index contributed by atoms with van der Waals surface area (Å²) in [6.07, 6.45) is 4.03. The van der Waals surface area contributed by atoms with Gasteiger partial charge >= 0.3 is 5.97 Å². The number of ether oxygens (including phenoxy) is 1. The quantitative estimate of drug-likeness (QED) is 0.601. The second-order valence-corrected chi connectivity index (χ2v) is 7.94. The molecule has 0 radical (unpaired) electrons. The smallest absolute Gasteiger partial charge is 0.310 e. The molecule has 2 bridgehead atoms. The maximum Gasteiger partial charge on any atom is 0.310 e. The molecule has 0 spiro atoms. The van der Waals surface area contributed by atoms with E-state index in [9.17, 15) is 4.79 Å². The van der Waals surface area contributed by atoms with Crippen LogP contribution in [0.25, 0.3) is 0 Å². The van der Waals surface area contributed by atoms with Crippen LogP contribution in [0, 0.1) is 17.8 Å². The van der Waals surface area contributed by atoms with Crippen LogP contribution in [0.5, 0.6) is 0 Å². The minimum atomic E-state index is -0.0798. The number of esters is 1. The predicted octanol–water partition coefficient (Wildman–Crippen LogP) is 4.02. The van der Waals surface area contributed by atoms with Gasteiger partial charge in [0, 0.05) is 30.0 Å². The molecule has 2 aromatic rings. The summed E-state index contributed by atoms with van der Waals surface area (Å²) < 4.78 is 5.17. The highest BCUT2D eigenvalue weighted by molar-refractivity contribution is 5.75. The number of benzene rings is 2. The van der Waals surface area contributed by atoms with Gasteiger partial charge in [-0.25, -0.2) is 0 Å². The van der Waals surface area contributed by atoms with Gasteiger partial charge in [-0.3, -0.25) is 9.69 Å². The van der Waals surface area contributed by atoms with Crippen LogP contribution in [0.2, 0.25) is 0 Å². The van der Waals surface area contributed by atoms with Crippen LogP contribution in [-0.4, -0.2) is 37.1 Å². The maximum atomic E-state index is 12.6. The van der Waals surface area contributed by atoms with Crippen LogP contribution in [0.1, 0.15) is 41.9 Å². The molecule has 2 aliphatic heterocycles. The van der Waals surface area contributed by atoms with Gasteiger partial charge in [-0.2, -0.15) is 0 Å². The molecule has 2 heterocycles. The summed E-state index contributed by atoms with van der Waals surface area (Å²) in [5.41, 5.74) is 3.48. The third-order valence-corrected chi connectivity index (χ3v) is 6.45. The summed E-state index contributed by atoms with van der Waals surface area (Å²) in [6.45, 7) is 0. The molecule has 0 aliphatic carbocycles. The molecule has 4 rings (SSSR count). The first-order chi connectivity index (χ1) is 13.7. The van der Waals surface area contributed by atoms with Gasteiger partial charge in [0.1, 0.15) is 0 Å². The Balaban J connectivity index is 1.51. The van der Waals surface area contributed by atoms with Gasteiger partial charge in [0.05, 0.1) is 13.0 Å². The average molecular weight is 373 g/mol. The molecule has 3 heteroatoms. The summed E-state index contributed by atoms with van der Waals surface area (Å²) in [5, 5.41) is 0. The zero-order valence-electron chi connectivity index (χ0n) is 16.6. The fourth-order valence-corrected chi connectivity index (χ4v) is 4.92. The van der Waals surface area contributed by atoms with E-state index in [1.807, 2.05) is 18.2 Å². The van der Waals surface area contributed by atoms with Crippen molar-refractivity contribution >= 4 is 5.97 Å². The van der Waals surface area contributed by atoms with E-state index in [0.29, 0.717) is 12.1 Å². The van der Waals surface area contributed by atoms with E-state index in [1.54, 1.807) is 0 Å². The standard InChI is InChI=1S/C25H27NO2/c1-26-21-15-16-23(26)24(25(27)28-2)22(17-21)20-13-11-19(12-14-20)10-6-9-18-7-4-3-5-8-18/h3-5,7-8,11-14,21-24H,9,15-17H2,1-2H3/t21?,22-,23-,24?/m1/s1. The summed E-state index contributed by atoms with van der Waals surface area (Å²) in [6, 6.07) is 19.6. The molecular weight excluding hydrogens is 346 g/mol. The molecule has 4 atom stereocenters. The molecule has 0 aromatic heterocycles. The summed E-state index contributed by atoms with van der Waals surface area (Å²) >= 11 is 0. The second kappa shape index (κ2) is 8.20. The molecule has 0 saturated carbocycles. The van der Waals surface area contributed by atoms with Crippen LogP contribution in [0.4, 0.5) is 0 Å². The molecule has 2 fully saturated rings. The Bertz CT molecular complexity index is 878. The van der Waals surface area contributed by atoms with E-state index in [2.05, 4.69) is 60.2 Å². The van der Waals surface area contributed by atoms with Crippen molar-refractivity contribution in [2.75, 3.05) is 14.2 Å². The lowest BCUT2D eigenvalue weighted by Gasteiger charge is -2.41. The Hall–Kier alpha value is -2.57. The van der Waals surface area contributed by atoms with E-state index >= 15 is 0 Å². The predicted molar refractivity (Wildman–Crippen MR) is 111 cm³/mol. The van der Waals surface area contributed by atoms with Gasteiger partial charge in [-0.15, -0.1) is 0 Å². The lowest BCUT2D eigenvalue weighted by molar-refractivity contribution is -0.150. The number of methoxy groups -OCH3 is 1. The van der Waals surface area contributed by atoms with Gasteiger partial charge in [-0.1, -0.05) is 54.3 Å². The molecule has 144 valence electrons. The second-order valence-electron chi connectivity index (χ2n) is 7.94. The van der Waals surface area contributed by atoms with Gasteiger partial charge in [-0.05, 0) is 49.6 Å². The molecule has 2 saturated heterocycles. The Morgan fingerprint density at radius 3 is 2.57 bits per heavy atom. The number of fused-ring (bicyclic) bond motifs is 2. The zero-order valence-corrected chi connectivity index (χ0v) is 16.6. The summed E-state index contributed by atoms with van der Waals surface area (Å²) in [7, 11) is 3.66. The van der Waals surface area contributed by atoms with E-state index in [0.717, 1.165) is 24.8 Å². The number of carbonyl (C=O) groups is 1. The highest BCUT2D eigenvalue weighted by Crippen LogP contribution is 2.46. The van der Waals surface area contributed by atoms with E-state index < -0.39 is 0 Å². The number of piperidine rings is 1. The van der Waals surface area contributed by atoms with Crippen molar-refractivity contribution in [3.63, 3.8) is 0 Å². The van der Waals surface area contributed by atoms with Crippen molar-refractivity contribution in [2.24, 2.45) is 5.92 Å².